The molecule has 1 aromatic carbocycles. The van der Waals surface area contributed by atoms with Gasteiger partial charge in [-0.1, -0.05) is 18.2 Å². The van der Waals surface area contributed by atoms with E-state index in [0.29, 0.717) is 0 Å². The highest BCUT2D eigenvalue weighted by atomic mass is 16.5. The Morgan fingerprint density at radius 3 is 3.00 bits per heavy atom. The Labute approximate surface area is 161 Å². The number of aryl methyl sites for hydroxylation is 1. The van der Waals surface area contributed by atoms with E-state index in [2.05, 4.69) is 23.2 Å². The highest BCUT2D eigenvalue weighted by Crippen LogP contribution is 2.38. The van der Waals surface area contributed by atoms with E-state index < -0.39 is 0 Å². The molecule has 3 heterocycles. The average molecular weight is 370 g/mol. The predicted molar refractivity (Wildman–Crippen MR) is 107 cm³/mol. The first kappa shape index (κ1) is 18.3. The molecule has 1 amide bonds. The molecular weight excluding hydrogens is 340 g/mol. The number of benzene rings is 1. The molecule has 146 valence electrons. The molecule has 4 rings (SSSR count). The lowest BCUT2D eigenvalue weighted by molar-refractivity contribution is -0.117. The molecule has 1 spiro atoms. The van der Waals surface area contributed by atoms with Crippen molar-refractivity contribution in [3.05, 3.63) is 29.8 Å². The Kier molecular flexibility index (Phi) is 5.34. The highest BCUT2D eigenvalue weighted by molar-refractivity contribution is 5.97. The van der Waals surface area contributed by atoms with Gasteiger partial charge in [-0.05, 0) is 44.2 Å². The van der Waals surface area contributed by atoms with Crippen LogP contribution in [-0.2, 0) is 16.0 Å². The standard InChI is InChI=1S/C21H30N4O2/c1-2-22-20(24-12-9-21(15-24)10-13-27-16-21)23-14-19(26)25-11-5-7-17-6-3-4-8-18(17)25/h3-4,6,8H,2,5,7,9-16H2,1H3,(H,22,23). The minimum Gasteiger partial charge on any atom is -0.381 e. The van der Waals surface area contributed by atoms with Crippen LogP contribution in [-0.4, -0.2) is 62.7 Å². The summed E-state index contributed by atoms with van der Waals surface area (Å²) in [5.74, 6) is 0.940. The van der Waals surface area contributed by atoms with E-state index in [9.17, 15) is 4.79 Å². The Bertz CT molecular complexity index is 712. The summed E-state index contributed by atoms with van der Waals surface area (Å²) < 4.78 is 5.63. The quantitative estimate of drug-likeness (QED) is 0.654. The maximum atomic E-state index is 12.9. The van der Waals surface area contributed by atoms with Gasteiger partial charge >= 0.3 is 0 Å². The molecular formula is C21H30N4O2. The van der Waals surface area contributed by atoms with Gasteiger partial charge in [0.05, 0.1) is 6.61 Å². The summed E-state index contributed by atoms with van der Waals surface area (Å²) in [6.07, 6.45) is 4.34. The van der Waals surface area contributed by atoms with Gasteiger partial charge in [0.15, 0.2) is 5.96 Å². The Morgan fingerprint density at radius 2 is 2.19 bits per heavy atom. The van der Waals surface area contributed by atoms with Crippen molar-refractivity contribution in [3.8, 4) is 0 Å². The highest BCUT2D eigenvalue weighted by Gasteiger charge is 2.42. The first-order valence-electron chi connectivity index (χ1n) is 10.2. The van der Waals surface area contributed by atoms with Crippen molar-refractivity contribution in [2.45, 2.75) is 32.6 Å². The fourth-order valence-electron chi connectivity index (χ4n) is 4.53. The first-order chi connectivity index (χ1) is 13.2. The van der Waals surface area contributed by atoms with Crippen molar-refractivity contribution in [3.63, 3.8) is 0 Å². The van der Waals surface area contributed by atoms with E-state index in [1.54, 1.807) is 0 Å². The smallest absolute Gasteiger partial charge is 0.248 e. The molecule has 1 unspecified atom stereocenters. The van der Waals surface area contributed by atoms with Crippen molar-refractivity contribution in [2.24, 2.45) is 10.4 Å². The zero-order valence-electron chi connectivity index (χ0n) is 16.2. The van der Waals surface area contributed by atoms with Crippen molar-refractivity contribution >= 4 is 17.6 Å². The third-order valence-corrected chi connectivity index (χ3v) is 6.03. The molecule has 2 saturated heterocycles. The summed E-state index contributed by atoms with van der Waals surface area (Å²) in [7, 11) is 0. The SMILES string of the molecule is CCNC(=NCC(=O)N1CCCc2ccccc21)N1CCC2(CCOC2)C1. The number of nitrogens with zero attached hydrogens (tertiary/aromatic N) is 3. The summed E-state index contributed by atoms with van der Waals surface area (Å²) in [5.41, 5.74) is 2.60. The fourth-order valence-corrected chi connectivity index (χ4v) is 4.53. The van der Waals surface area contributed by atoms with Crippen LogP contribution in [0.3, 0.4) is 0 Å². The van der Waals surface area contributed by atoms with Gasteiger partial charge in [-0.15, -0.1) is 0 Å². The van der Waals surface area contributed by atoms with Crippen molar-refractivity contribution in [2.75, 3.05) is 50.8 Å². The fraction of sp³-hybridized carbons (Fsp3) is 0.619. The van der Waals surface area contributed by atoms with Gasteiger partial charge in [-0.25, -0.2) is 4.99 Å². The van der Waals surface area contributed by atoms with Crippen LogP contribution in [0, 0.1) is 5.41 Å². The summed E-state index contributed by atoms with van der Waals surface area (Å²) in [5, 5.41) is 3.37. The third kappa shape index (κ3) is 3.81. The van der Waals surface area contributed by atoms with E-state index in [-0.39, 0.29) is 17.9 Å². The molecule has 27 heavy (non-hydrogen) atoms. The van der Waals surface area contributed by atoms with Crippen LogP contribution >= 0.6 is 0 Å². The summed E-state index contributed by atoms with van der Waals surface area (Å²) >= 11 is 0. The monoisotopic (exact) mass is 370 g/mol. The third-order valence-electron chi connectivity index (χ3n) is 6.03. The van der Waals surface area contributed by atoms with Crippen LogP contribution in [0.2, 0.25) is 0 Å². The Morgan fingerprint density at radius 1 is 1.30 bits per heavy atom. The maximum absolute atomic E-state index is 12.9. The van der Waals surface area contributed by atoms with Crippen molar-refractivity contribution in [1.82, 2.24) is 10.2 Å². The van der Waals surface area contributed by atoms with E-state index in [4.69, 9.17) is 9.73 Å². The first-order valence-corrected chi connectivity index (χ1v) is 10.2. The van der Waals surface area contributed by atoms with E-state index in [1.807, 2.05) is 23.1 Å². The number of hydrogen-bond donors (Lipinski definition) is 1. The number of guanidine groups is 1. The van der Waals surface area contributed by atoms with Gasteiger partial charge in [0.2, 0.25) is 5.91 Å². The summed E-state index contributed by atoms with van der Waals surface area (Å²) in [6, 6.07) is 8.22. The lowest BCUT2D eigenvalue weighted by atomic mass is 9.87. The molecule has 0 saturated carbocycles. The van der Waals surface area contributed by atoms with Gasteiger partial charge in [0.25, 0.3) is 0 Å². The second-order valence-electron chi connectivity index (χ2n) is 7.92. The molecule has 1 atom stereocenters. The number of nitrogens with one attached hydrogen (secondary N) is 1. The lowest BCUT2D eigenvalue weighted by Gasteiger charge is -2.29. The number of aliphatic imine (C=N–C) groups is 1. The summed E-state index contributed by atoms with van der Waals surface area (Å²) in [6.45, 7) is 7.53. The molecule has 1 N–H and O–H groups in total. The molecule has 1 aromatic rings. The van der Waals surface area contributed by atoms with Gasteiger partial charge in [0, 0.05) is 43.9 Å². The maximum Gasteiger partial charge on any atom is 0.248 e. The number of carbonyl (C=O) groups is 1. The van der Waals surface area contributed by atoms with Gasteiger partial charge in [-0.2, -0.15) is 0 Å². The number of rotatable bonds is 3. The van der Waals surface area contributed by atoms with Crippen LogP contribution in [0.15, 0.2) is 29.3 Å². The Hall–Kier alpha value is -2.08. The number of hydrogen-bond acceptors (Lipinski definition) is 3. The van der Waals surface area contributed by atoms with Gasteiger partial charge in [-0.3, -0.25) is 4.79 Å². The predicted octanol–water partition coefficient (Wildman–Crippen LogP) is 2.04. The van der Waals surface area contributed by atoms with Crippen LogP contribution in [0.5, 0.6) is 0 Å². The molecule has 3 aliphatic rings. The molecule has 0 aromatic heterocycles. The number of carbonyl (C=O) groups excluding carboxylic acids is 1. The number of likely N-dealkylation sites (tertiary alicyclic amines) is 1. The van der Waals surface area contributed by atoms with E-state index in [1.165, 1.54) is 5.56 Å². The topological polar surface area (TPSA) is 57.2 Å². The number of ether oxygens (including phenoxy) is 1. The van der Waals surface area contributed by atoms with Crippen LogP contribution in [0.25, 0.3) is 0 Å². The van der Waals surface area contributed by atoms with Crippen molar-refractivity contribution < 1.29 is 9.53 Å². The van der Waals surface area contributed by atoms with E-state index >= 15 is 0 Å². The molecule has 0 aliphatic carbocycles. The molecule has 6 nitrogen and oxygen atoms in total. The van der Waals surface area contributed by atoms with Crippen molar-refractivity contribution in [1.29, 1.82) is 0 Å². The normalized spacial score (nSPS) is 25.1. The zero-order chi connectivity index (χ0) is 18.7. The van der Waals surface area contributed by atoms with Gasteiger partial charge in [0.1, 0.15) is 6.54 Å². The largest absolute Gasteiger partial charge is 0.381 e. The minimum atomic E-state index is 0.0793. The van der Waals surface area contributed by atoms with Gasteiger partial charge < -0.3 is 19.9 Å². The lowest BCUT2D eigenvalue weighted by Crippen LogP contribution is -2.43. The number of para-hydroxylation sites is 1. The zero-order valence-corrected chi connectivity index (χ0v) is 16.2. The molecule has 6 heteroatoms. The van der Waals surface area contributed by atoms with E-state index in [0.717, 1.165) is 76.7 Å². The summed E-state index contributed by atoms with van der Waals surface area (Å²) in [4.78, 5) is 21.8. The molecule has 0 radical (unpaired) electrons. The molecule has 2 fully saturated rings. The molecule has 0 bridgehead atoms. The van der Waals surface area contributed by atoms with Crippen LogP contribution < -0.4 is 10.2 Å². The Balaban J connectivity index is 1.44. The number of amides is 1. The number of fused-ring (bicyclic) bond motifs is 1. The second kappa shape index (κ2) is 7.89. The number of anilines is 1. The van der Waals surface area contributed by atoms with Crippen LogP contribution in [0.1, 0.15) is 31.7 Å². The minimum absolute atomic E-state index is 0.0793. The van der Waals surface area contributed by atoms with Crippen LogP contribution in [0.4, 0.5) is 5.69 Å². The second-order valence-corrected chi connectivity index (χ2v) is 7.92. The molecule has 3 aliphatic heterocycles. The average Bonchev–Trinajstić information content (AvgIpc) is 3.34.